The van der Waals surface area contributed by atoms with Crippen molar-refractivity contribution < 1.29 is 13.7 Å². The Bertz CT molecular complexity index is 880. The second kappa shape index (κ2) is 7.01. The summed E-state index contributed by atoms with van der Waals surface area (Å²) in [4.78, 5) is 12.0. The molecule has 3 rings (SSSR count). The molecule has 1 aliphatic rings. The summed E-state index contributed by atoms with van der Waals surface area (Å²) < 4.78 is 22.6. The molecule has 0 saturated carbocycles. The van der Waals surface area contributed by atoms with Gasteiger partial charge in [-0.2, -0.15) is 4.36 Å². The van der Waals surface area contributed by atoms with Crippen LogP contribution in [0.2, 0.25) is 0 Å². The standard InChI is InChI=1S/C19H19NO3S/c1-23-19(21)13-7-8-15-14-24(22,16-9-3-2-4-10-16)20-18-12-6-5-11-17(15)18/h2-7,9-13,15H,8,14H2,1H3/b13-7+/t15-,24+/m1/s1. The second-order valence-corrected chi connectivity index (χ2v) is 7.90. The molecule has 2 atom stereocenters. The van der Waals surface area contributed by atoms with Crippen LogP contribution in [0.4, 0.5) is 5.69 Å². The third kappa shape index (κ3) is 3.41. The van der Waals surface area contributed by atoms with Gasteiger partial charge in [-0.15, -0.1) is 0 Å². The minimum absolute atomic E-state index is 0.0484. The summed E-state index contributed by atoms with van der Waals surface area (Å²) in [5.74, 6) is 0.111. The quantitative estimate of drug-likeness (QED) is 0.622. The molecule has 2 aromatic carbocycles. The van der Waals surface area contributed by atoms with Gasteiger partial charge in [-0.1, -0.05) is 42.5 Å². The van der Waals surface area contributed by atoms with E-state index in [9.17, 15) is 9.00 Å². The van der Waals surface area contributed by atoms with E-state index < -0.39 is 9.73 Å². The number of nitrogens with zero attached hydrogens (tertiary/aromatic N) is 1. The Balaban J connectivity index is 1.98. The zero-order valence-electron chi connectivity index (χ0n) is 13.4. The van der Waals surface area contributed by atoms with Crippen molar-refractivity contribution in [3.05, 3.63) is 72.3 Å². The highest BCUT2D eigenvalue weighted by Crippen LogP contribution is 2.38. The highest BCUT2D eigenvalue weighted by molar-refractivity contribution is 7.93. The number of rotatable bonds is 4. The van der Waals surface area contributed by atoms with Gasteiger partial charge >= 0.3 is 5.97 Å². The van der Waals surface area contributed by atoms with Crippen LogP contribution in [0.3, 0.4) is 0 Å². The van der Waals surface area contributed by atoms with Crippen LogP contribution in [0, 0.1) is 0 Å². The number of allylic oxidation sites excluding steroid dienone is 1. The van der Waals surface area contributed by atoms with Crippen molar-refractivity contribution in [2.45, 2.75) is 17.2 Å². The Labute approximate surface area is 142 Å². The van der Waals surface area contributed by atoms with E-state index in [1.54, 1.807) is 6.08 Å². The van der Waals surface area contributed by atoms with Crippen molar-refractivity contribution in [3.8, 4) is 0 Å². The highest BCUT2D eigenvalue weighted by Gasteiger charge is 2.27. The van der Waals surface area contributed by atoms with Crippen LogP contribution in [0.1, 0.15) is 17.9 Å². The Kier molecular flexibility index (Phi) is 4.81. The normalized spacial score (nSPS) is 22.6. The third-order valence-electron chi connectivity index (χ3n) is 4.04. The summed E-state index contributed by atoms with van der Waals surface area (Å²) in [6.45, 7) is 0. The lowest BCUT2D eigenvalue weighted by Crippen LogP contribution is -2.18. The molecule has 0 fully saturated rings. The zero-order chi connectivity index (χ0) is 17.0. The summed E-state index contributed by atoms with van der Waals surface area (Å²) in [6, 6.07) is 17.2. The van der Waals surface area contributed by atoms with Gasteiger partial charge in [0.25, 0.3) is 0 Å². The van der Waals surface area contributed by atoms with Crippen LogP contribution in [-0.2, 0) is 19.3 Å². The molecule has 124 valence electrons. The maximum absolute atomic E-state index is 13.5. The molecule has 4 nitrogen and oxygen atoms in total. The lowest BCUT2D eigenvalue weighted by molar-refractivity contribution is -0.134. The maximum atomic E-state index is 13.5. The number of carbonyl (C=O) groups is 1. The van der Waals surface area contributed by atoms with E-state index in [0.29, 0.717) is 12.2 Å². The molecule has 1 aliphatic heterocycles. The fourth-order valence-electron chi connectivity index (χ4n) is 2.85. The second-order valence-electron chi connectivity index (χ2n) is 5.63. The lowest BCUT2D eigenvalue weighted by Gasteiger charge is -2.25. The van der Waals surface area contributed by atoms with Gasteiger partial charge in [0.2, 0.25) is 0 Å². The number of ether oxygens (including phenoxy) is 1. The molecule has 2 aromatic rings. The Hall–Kier alpha value is -2.40. The minimum atomic E-state index is -2.51. The van der Waals surface area contributed by atoms with Gasteiger partial charge in [0.1, 0.15) is 0 Å². The van der Waals surface area contributed by atoms with Gasteiger partial charge in [0.15, 0.2) is 0 Å². The van der Waals surface area contributed by atoms with Crippen LogP contribution in [0.15, 0.2) is 76.0 Å². The monoisotopic (exact) mass is 341 g/mol. The average molecular weight is 341 g/mol. The topological polar surface area (TPSA) is 55.7 Å². The van der Waals surface area contributed by atoms with E-state index >= 15 is 0 Å². The molecule has 0 radical (unpaired) electrons. The smallest absolute Gasteiger partial charge is 0.330 e. The lowest BCUT2D eigenvalue weighted by atomic mass is 9.95. The molecule has 0 bridgehead atoms. The number of hydrogen-bond acceptors (Lipinski definition) is 4. The highest BCUT2D eigenvalue weighted by atomic mass is 32.2. The van der Waals surface area contributed by atoms with E-state index in [0.717, 1.165) is 16.1 Å². The average Bonchev–Trinajstić information content (AvgIpc) is 2.62. The third-order valence-corrected chi connectivity index (χ3v) is 6.39. The number of benzene rings is 2. The molecule has 24 heavy (non-hydrogen) atoms. The molecule has 5 heteroatoms. The predicted octanol–water partition coefficient (Wildman–Crippen LogP) is 4.06. The van der Waals surface area contributed by atoms with E-state index in [-0.39, 0.29) is 11.9 Å². The molecule has 0 aromatic heterocycles. The van der Waals surface area contributed by atoms with E-state index in [2.05, 4.69) is 9.10 Å². The van der Waals surface area contributed by atoms with Crippen LogP contribution in [-0.4, -0.2) is 23.0 Å². The first-order valence-electron chi connectivity index (χ1n) is 7.76. The first-order valence-corrected chi connectivity index (χ1v) is 9.44. The van der Waals surface area contributed by atoms with Crippen LogP contribution in [0.5, 0.6) is 0 Å². The summed E-state index contributed by atoms with van der Waals surface area (Å²) in [5.41, 5.74) is 1.84. The fraction of sp³-hybridized carbons (Fsp3) is 0.211. The van der Waals surface area contributed by atoms with Crippen LogP contribution < -0.4 is 0 Å². The number of methoxy groups -OCH3 is 1. The van der Waals surface area contributed by atoms with Gasteiger partial charge in [-0.3, -0.25) is 0 Å². The minimum Gasteiger partial charge on any atom is -0.466 e. The largest absolute Gasteiger partial charge is 0.466 e. The predicted molar refractivity (Wildman–Crippen MR) is 94.8 cm³/mol. The first kappa shape index (κ1) is 16.5. The van der Waals surface area contributed by atoms with Gasteiger partial charge in [0, 0.05) is 22.6 Å². The Morgan fingerprint density at radius 1 is 1.21 bits per heavy atom. The van der Waals surface area contributed by atoms with Crippen molar-refractivity contribution in [1.29, 1.82) is 0 Å². The zero-order valence-corrected chi connectivity index (χ0v) is 14.2. The molecule has 0 aliphatic carbocycles. The van der Waals surface area contributed by atoms with E-state index in [4.69, 9.17) is 0 Å². The molecular formula is C19H19NO3S. The van der Waals surface area contributed by atoms with Gasteiger partial charge in [-0.25, -0.2) is 9.00 Å². The van der Waals surface area contributed by atoms with Crippen LogP contribution in [0.25, 0.3) is 0 Å². The Morgan fingerprint density at radius 2 is 1.92 bits per heavy atom. The molecule has 0 amide bonds. The summed E-state index contributed by atoms with van der Waals surface area (Å²) in [5, 5.41) is 0. The Morgan fingerprint density at radius 3 is 2.67 bits per heavy atom. The molecule has 0 saturated heterocycles. The molecule has 0 unspecified atom stereocenters. The maximum Gasteiger partial charge on any atom is 0.330 e. The fourth-order valence-corrected chi connectivity index (χ4v) is 5.15. The summed E-state index contributed by atoms with van der Waals surface area (Å²) >= 11 is 0. The SMILES string of the molecule is COC(=O)/C=C/C[C@@H]1C[S@](=O)(c2ccccc2)=Nc2ccccc21. The van der Waals surface area contributed by atoms with Crippen molar-refractivity contribution in [3.63, 3.8) is 0 Å². The van der Waals surface area contributed by atoms with Gasteiger partial charge in [0.05, 0.1) is 22.5 Å². The van der Waals surface area contributed by atoms with Gasteiger partial charge < -0.3 is 4.74 Å². The van der Waals surface area contributed by atoms with Crippen molar-refractivity contribution in [2.24, 2.45) is 4.36 Å². The number of fused-ring (bicyclic) bond motifs is 1. The first-order chi connectivity index (χ1) is 11.6. The van der Waals surface area contributed by atoms with Crippen LogP contribution >= 0.6 is 0 Å². The van der Waals surface area contributed by atoms with Gasteiger partial charge in [-0.05, 0) is 30.2 Å². The summed E-state index contributed by atoms with van der Waals surface area (Å²) in [6.07, 6.45) is 3.81. The number of hydrogen-bond donors (Lipinski definition) is 0. The summed E-state index contributed by atoms with van der Waals surface area (Å²) in [7, 11) is -1.16. The molecule has 0 spiro atoms. The number of esters is 1. The molecule has 1 heterocycles. The van der Waals surface area contributed by atoms with E-state index in [1.807, 2.05) is 54.6 Å². The molecular weight excluding hydrogens is 322 g/mol. The van der Waals surface area contributed by atoms with Crippen molar-refractivity contribution >= 4 is 21.4 Å². The van der Waals surface area contributed by atoms with Crippen molar-refractivity contribution in [1.82, 2.24) is 0 Å². The van der Waals surface area contributed by atoms with E-state index in [1.165, 1.54) is 13.2 Å². The number of carbonyl (C=O) groups excluding carboxylic acids is 1. The van der Waals surface area contributed by atoms with Crippen molar-refractivity contribution in [2.75, 3.05) is 12.9 Å². The molecule has 0 N–H and O–H groups in total.